The molecule has 0 radical (unpaired) electrons. The number of nitrogens with one attached hydrogen (secondary N) is 2. The topological polar surface area (TPSA) is 91.4 Å². The van der Waals surface area contributed by atoms with Crippen LogP contribution in [-0.4, -0.2) is 40.8 Å². The molecule has 134 valence electrons. The van der Waals surface area contributed by atoms with Crippen LogP contribution in [0.25, 0.3) is 0 Å². The van der Waals surface area contributed by atoms with Crippen molar-refractivity contribution in [2.75, 3.05) is 18.4 Å². The van der Waals surface area contributed by atoms with Crippen molar-refractivity contribution < 1.29 is 14.4 Å². The number of carbonyl (C=O) groups is 3. The molecule has 0 spiro atoms. The number of hydrogen-bond donors (Lipinski definition) is 2. The van der Waals surface area contributed by atoms with Crippen LogP contribution in [0.5, 0.6) is 0 Å². The van der Waals surface area contributed by atoms with Gasteiger partial charge >= 0.3 is 6.03 Å². The lowest BCUT2D eigenvalue weighted by molar-refractivity contribution is 0.0653. The van der Waals surface area contributed by atoms with Crippen LogP contribution in [0.1, 0.15) is 27.1 Å². The number of nitrogens with zero attached hydrogens (tertiary/aromatic N) is 2. The molecule has 0 atom stereocenters. The van der Waals surface area contributed by atoms with Crippen LogP contribution >= 0.6 is 27.5 Å². The van der Waals surface area contributed by atoms with E-state index in [0.29, 0.717) is 29.8 Å². The number of imide groups is 1. The molecule has 2 N–H and O–H groups in total. The summed E-state index contributed by atoms with van der Waals surface area (Å²) in [6, 6.07) is 7.84. The van der Waals surface area contributed by atoms with E-state index in [1.165, 1.54) is 11.1 Å². The molecular weight excluding hydrogens is 424 g/mol. The molecule has 9 heteroatoms. The summed E-state index contributed by atoms with van der Waals surface area (Å²) in [4.78, 5) is 41.5. The Morgan fingerprint density at radius 1 is 1.19 bits per heavy atom. The summed E-state index contributed by atoms with van der Waals surface area (Å²) in [6.07, 6.45) is 1.95. The first-order chi connectivity index (χ1) is 12.5. The van der Waals surface area contributed by atoms with E-state index < -0.39 is 6.03 Å². The van der Waals surface area contributed by atoms with Crippen LogP contribution in [0.3, 0.4) is 0 Å². The Kier molecular flexibility index (Phi) is 5.53. The van der Waals surface area contributed by atoms with Gasteiger partial charge in [0, 0.05) is 23.8 Å². The van der Waals surface area contributed by atoms with Gasteiger partial charge < -0.3 is 10.6 Å². The number of halogens is 2. The standard InChI is InChI=1S/C17H14BrClN4O3/c18-10-4-5-11-12(9-10)16(25)23(15(11)24)8-2-7-21-17(26)22-13-3-1-6-20-14(13)19/h1,3-6,9H,2,7-8H2,(H2,21,22,26). The quantitative estimate of drug-likeness (QED) is 0.426. The van der Waals surface area contributed by atoms with Crippen LogP contribution < -0.4 is 10.6 Å². The molecular formula is C17H14BrClN4O3. The number of urea groups is 1. The Labute approximate surface area is 162 Å². The van der Waals surface area contributed by atoms with E-state index in [1.54, 1.807) is 30.3 Å². The summed E-state index contributed by atoms with van der Waals surface area (Å²) in [5, 5.41) is 5.42. The van der Waals surface area contributed by atoms with Gasteiger partial charge in [0.05, 0.1) is 16.8 Å². The lowest BCUT2D eigenvalue weighted by Gasteiger charge is -2.14. The second kappa shape index (κ2) is 7.84. The Morgan fingerprint density at radius 2 is 1.96 bits per heavy atom. The van der Waals surface area contributed by atoms with Crippen molar-refractivity contribution in [2.24, 2.45) is 0 Å². The molecule has 2 aromatic rings. The van der Waals surface area contributed by atoms with Crippen molar-refractivity contribution in [1.82, 2.24) is 15.2 Å². The molecule has 4 amide bonds. The first-order valence-corrected chi connectivity index (χ1v) is 8.95. The average molecular weight is 438 g/mol. The molecule has 3 rings (SSSR count). The minimum absolute atomic E-state index is 0.194. The third kappa shape index (κ3) is 3.86. The van der Waals surface area contributed by atoms with Crippen LogP contribution in [0.2, 0.25) is 5.15 Å². The fraction of sp³-hybridized carbons (Fsp3) is 0.176. The zero-order valence-electron chi connectivity index (χ0n) is 13.5. The van der Waals surface area contributed by atoms with Gasteiger partial charge in [0.1, 0.15) is 0 Å². The fourth-order valence-electron chi connectivity index (χ4n) is 2.55. The Morgan fingerprint density at radius 3 is 2.73 bits per heavy atom. The smallest absolute Gasteiger partial charge is 0.319 e. The monoisotopic (exact) mass is 436 g/mol. The minimum Gasteiger partial charge on any atom is -0.338 e. The second-order valence-corrected chi connectivity index (χ2v) is 6.80. The minimum atomic E-state index is -0.439. The van der Waals surface area contributed by atoms with E-state index in [0.717, 1.165) is 4.47 Å². The maximum atomic E-state index is 12.3. The van der Waals surface area contributed by atoms with E-state index in [4.69, 9.17) is 11.6 Å². The summed E-state index contributed by atoms with van der Waals surface area (Å²) < 4.78 is 0.742. The number of carbonyl (C=O) groups excluding carboxylic acids is 3. The Hall–Kier alpha value is -2.45. The van der Waals surface area contributed by atoms with Gasteiger partial charge in [-0.25, -0.2) is 9.78 Å². The third-order valence-corrected chi connectivity index (χ3v) is 4.58. The largest absolute Gasteiger partial charge is 0.338 e. The highest BCUT2D eigenvalue weighted by Gasteiger charge is 2.34. The average Bonchev–Trinajstić information content (AvgIpc) is 2.84. The van der Waals surface area contributed by atoms with Gasteiger partial charge in [-0.1, -0.05) is 27.5 Å². The van der Waals surface area contributed by atoms with Crippen molar-refractivity contribution in [1.29, 1.82) is 0 Å². The number of aromatic nitrogens is 1. The van der Waals surface area contributed by atoms with Crippen LogP contribution in [-0.2, 0) is 0 Å². The number of fused-ring (bicyclic) bond motifs is 1. The number of hydrogen-bond acceptors (Lipinski definition) is 4. The van der Waals surface area contributed by atoms with Crippen molar-refractivity contribution in [3.8, 4) is 0 Å². The maximum Gasteiger partial charge on any atom is 0.319 e. The highest BCUT2D eigenvalue weighted by molar-refractivity contribution is 9.10. The SMILES string of the molecule is O=C(NCCCN1C(=O)c2ccc(Br)cc2C1=O)Nc1cccnc1Cl. The van der Waals surface area contributed by atoms with E-state index in [2.05, 4.69) is 31.5 Å². The lowest BCUT2D eigenvalue weighted by atomic mass is 10.1. The summed E-state index contributed by atoms with van der Waals surface area (Å²) in [5.74, 6) is -0.637. The van der Waals surface area contributed by atoms with Crippen molar-refractivity contribution in [3.63, 3.8) is 0 Å². The predicted molar refractivity (Wildman–Crippen MR) is 100 cm³/mol. The first kappa shape index (κ1) is 18.3. The van der Waals surface area contributed by atoms with E-state index in [-0.39, 0.29) is 23.5 Å². The number of pyridine rings is 1. The summed E-state index contributed by atoms with van der Waals surface area (Å²) >= 11 is 9.16. The third-order valence-electron chi connectivity index (χ3n) is 3.78. The molecule has 0 bridgehead atoms. The van der Waals surface area contributed by atoms with E-state index >= 15 is 0 Å². The first-order valence-electron chi connectivity index (χ1n) is 7.78. The van der Waals surface area contributed by atoms with Gasteiger partial charge in [-0.2, -0.15) is 0 Å². The molecule has 26 heavy (non-hydrogen) atoms. The van der Waals surface area contributed by atoms with Gasteiger partial charge in [-0.15, -0.1) is 0 Å². The molecule has 0 aliphatic carbocycles. The van der Waals surface area contributed by atoms with Crippen LogP contribution in [0.4, 0.5) is 10.5 Å². The highest BCUT2D eigenvalue weighted by Crippen LogP contribution is 2.26. The van der Waals surface area contributed by atoms with Crippen LogP contribution in [0.15, 0.2) is 41.0 Å². The molecule has 1 aliphatic heterocycles. The molecule has 1 aliphatic rings. The molecule has 0 saturated carbocycles. The summed E-state index contributed by atoms with van der Waals surface area (Å²) in [5.41, 5.74) is 1.19. The summed E-state index contributed by atoms with van der Waals surface area (Å²) in [6.45, 7) is 0.513. The summed E-state index contributed by atoms with van der Waals surface area (Å²) in [7, 11) is 0. The van der Waals surface area contributed by atoms with Gasteiger partial charge in [0.25, 0.3) is 11.8 Å². The van der Waals surface area contributed by atoms with E-state index in [1.807, 2.05) is 0 Å². The number of amides is 4. The zero-order valence-corrected chi connectivity index (χ0v) is 15.8. The lowest BCUT2D eigenvalue weighted by Crippen LogP contribution is -2.35. The van der Waals surface area contributed by atoms with Gasteiger partial charge in [0.2, 0.25) is 0 Å². The van der Waals surface area contributed by atoms with Crippen molar-refractivity contribution in [2.45, 2.75) is 6.42 Å². The zero-order chi connectivity index (χ0) is 18.7. The molecule has 0 saturated heterocycles. The van der Waals surface area contributed by atoms with Gasteiger partial charge in [0.15, 0.2) is 5.15 Å². The fourth-order valence-corrected chi connectivity index (χ4v) is 3.08. The van der Waals surface area contributed by atoms with Crippen molar-refractivity contribution >= 4 is 51.1 Å². The molecule has 0 unspecified atom stereocenters. The van der Waals surface area contributed by atoms with Crippen LogP contribution in [0, 0.1) is 0 Å². The Balaban J connectivity index is 1.48. The molecule has 2 heterocycles. The number of benzene rings is 1. The van der Waals surface area contributed by atoms with E-state index in [9.17, 15) is 14.4 Å². The second-order valence-electron chi connectivity index (χ2n) is 5.53. The highest BCUT2D eigenvalue weighted by atomic mass is 79.9. The molecule has 7 nitrogen and oxygen atoms in total. The predicted octanol–water partition coefficient (Wildman–Crippen LogP) is 3.31. The number of rotatable bonds is 5. The number of anilines is 1. The molecule has 1 aromatic carbocycles. The molecule has 1 aromatic heterocycles. The van der Waals surface area contributed by atoms with Gasteiger partial charge in [-0.05, 0) is 36.8 Å². The normalized spacial score (nSPS) is 12.9. The Bertz CT molecular complexity index is 890. The maximum absolute atomic E-state index is 12.3. The van der Waals surface area contributed by atoms with Gasteiger partial charge in [-0.3, -0.25) is 14.5 Å². The molecule has 0 fully saturated rings. The van der Waals surface area contributed by atoms with Crippen molar-refractivity contribution in [3.05, 3.63) is 57.3 Å².